The first-order valence-corrected chi connectivity index (χ1v) is 6.54. The van der Waals surface area contributed by atoms with Crippen LogP contribution in [0.1, 0.15) is 18.3 Å². The summed E-state index contributed by atoms with van der Waals surface area (Å²) < 4.78 is 7.68. The van der Waals surface area contributed by atoms with E-state index in [2.05, 4.69) is 29.4 Å². The van der Waals surface area contributed by atoms with Crippen LogP contribution >= 0.6 is 0 Å². The van der Waals surface area contributed by atoms with Crippen LogP contribution in [0.2, 0.25) is 0 Å². The van der Waals surface area contributed by atoms with E-state index in [1.54, 1.807) is 6.20 Å². The lowest BCUT2D eigenvalue weighted by atomic mass is 10.1. The highest BCUT2D eigenvalue weighted by Gasteiger charge is 2.03. The van der Waals surface area contributed by atoms with E-state index in [-0.39, 0.29) is 0 Å². The number of imidazole rings is 1. The smallest absolute Gasteiger partial charge is 0.146 e. The Morgan fingerprint density at radius 2 is 2.05 bits per heavy atom. The average molecular weight is 259 g/mol. The van der Waals surface area contributed by atoms with E-state index in [1.807, 2.05) is 37.0 Å². The molecule has 1 atom stereocenters. The van der Waals surface area contributed by atoms with Crippen molar-refractivity contribution in [3.05, 3.63) is 48.0 Å². The minimum absolute atomic E-state index is 0.485. The fourth-order valence-electron chi connectivity index (χ4n) is 1.86. The van der Waals surface area contributed by atoms with Gasteiger partial charge in [-0.2, -0.15) is 0 Å². The Balaban J connectivity index is 1.90. The molecule has 1 unspecified atom stereocenters. The molecule has 0 bridgehead atoms. The third-order valence-electron chi connectivity index (χ3n) is 3.25. The van der Waals surface area contributed by atoms with Gasteiger partial charge in [0.1, 0.15) is 18.2 Å². The highest BCUT2D eigenvalue weighted by atomic mass is 16.5. The van der Waals surface area contributed by atoms with Crippen LogP contribution in [0, 0.1) is 0 Å². The van der Waals surface area contributed by atoms with Gasteiger partial charge in [0.2, 0.25) is 0 Å². The maximum Gasteiger partial charge on any atom is 0.146 e. The quantitative estimate of drug-likeness (QED) is 0.864. The van der Waals surface area contributed by atoms with Gasteiger partial charge in [-0.05, 0) is 38.1 Å². The van der Waals surface area contributed by atoms with Crippen molar-refractivity contribution in [3.8, 4) is 5.75 Å². The van der Waals surface area contributed by atoms with Gasteiger partial charge < -0.3 is 14.6 Å². The van der Waals surface area contributed by atoms with E-state index in [0.29, 0.717) is 12.6 Å². The van der Waals surface area contributed by atoms with Crippen molar-refractivity contribution in [1.29, 1.82) is 0 Å². The molecule has 4 heteroatoms. The summed E-state index contributed by atoms with van der Waals surface area (Å²) in [7, 11) is 3.95. The highest BCUT2D eigenvalue weighted by molar-refractivity contribution is 5.27. The first-order chi connectivity index (χ1) is 9.19. The monoisotopic (exact) mass is 259 g/mol. The molecule has 0 aliphatic rings. The van der Waals surface area contributed by atoms with Crippen molar-refractivity contribution in [3.63, 3.8) is 0 Å². The Bertz CT molecular complexity index is 504. The van der Waals surface area contributed by atoms with Crippen molar-refractivity contribution in [1.82, 2.24) is 14.9 Å². The number of benzene rings is 1. The molecule has 1 aromatic carbocycles. The molecule has 1 N–H and O–H groups in total. The van der Waals surface area contributed by atoms with Crippen molar-refractivity contribution in [2.75, 3.05) is 7.05 Å². The second-order valence-electron chi connectivity index (χ2n) is 4.78. The molecule has 2 aromatic rings. The maximum absolute atomic E-state index is 5.72. The van der Waals surface area contributed by atoms with Crippen LogP contribution < -0.4 is 10.1 Å². The number of aryl methyl sites for hydroxylation is 1. The summed E-state index contributed by atoms with van der Waals surface area (Å²) >= 11 is 0. The Kier molecular flexibility index (Phi) is 4.58. The molecule has 2 rings (SSSR count). The molecule has 0 fully saturated rings. The summed E-state index contributed by atoms with van der Waals surface area (Å²) in [6.07, 6.45) is 4.72. The normalized spacial score (nSPS) is 12.4. The number of rotatable bonds is 6. The van der Waals surface area contributed by atoms with Gasteiger partial charge in [0.15, 0.2) is 0 Å². The molecule has 0 saturated carbocycles. The maximum atomic E-state index is 5.72. The molecule has 102 valence electrons. The minimum atomic E-state index is 0.485. The largest absolute Gasteiger partial charge is 0.486 e. The van der Waals surface area contributed by atoms with Crippen LogP contribution in [-0.4, -0.2) is 22.6 Å². The van der Waals surface area contributed by atoms with E-state index in [9.17, 15) is 0 Å². The summed E-state index contributed by atoms with van der Waals surface area (Å²) in [5, 5.41) is 3.24. The fourth-order valence-corrected chi connectivity index (χ4v) is 1.86. The van der Waals surface area contributed by atoms with Crippen molar-refractivity contribution in [2.45, 2.75) is 26.0 Å². The van der Waals surface area contributed by atoms with E-state index in [1.165, 1.54) is 5.56 Å². The number of nitrogens with zero attached hydrogens (tertiary/aromatic N) is 2. The molecule has 0 aliphatic carbocycles. The topological polar surface area (TPSA) is 39.1 Å². The molecule has 0 saturated heterocycles. The fraction of sp³-hybridized carbons (Fsp3) is 0.400. The Labute approximate surface area is 114 Å². The predicted molar refractivity (Wildman–Crippen MR) is 76.2 cm³/mol. The van der Waals surface area contributed by atoms with Gasteiger partial charge in [0, 0.05) is 25.5 Å². The molecule has 1 heterocycles. The lowest BCUT2D eigenvalue weighted by molar-refractivity contribution is 0.291. The number of nitrogens with one attached hydrogen (secondary N) is 1. The zero-order valence-electron chi connectivity index (χ0n) is 11.8. The highest BCUT2D eigenvalue weighted by Crippen LogP contribution is 2.14. The third kappa shape index (κ3) is 3.83. The van der Waals surface area contributed by atoms with E-state index >= 15 is 0 Å². The summed E-state index contributed by atoms with van der Waals surface area (Å²) in [5.41, 5.74) is 1.31. The summed E-state index contributed by atoms with van der Waals surface area (Å²) in [6.45, 7) is 2.67. The van der Waals surface area contributed by atoms with E-state index < -0.39 is 0 Å². The van der Waals surface area contributed by atoms with Crippen molar-refractivity contribution >= 4 is 0 Å². The minimum Gasteiger partial charge on any atom is -0.486 e. The molecule has 0 radical (unpaired) electrons. The molecule has 0 amide bonds. The van der Waals surface area contributed by atoms with E-state index in [0.717, 1.165) is 18.0 Å². The Hall–Kier alpha value is -1.81. The Morgan fingerprint density at radius 1 is 1.32 bits per heavy atom. The second kappa shape index (κ2) is 6.38. The second-order valence-corrected chi connectivity index (χ2v) is 4.78. The number of hydrogen-bond acceptors (Lipinski definition) is 3. The lowest BCUT2D eigenvalue weighted by Gasteiger charge is -2.11. The molecule has 19 heavy (non-hydrogen) atoms. The molecular formula is C15H21N3O. The lowest BCUT2D eigenvalue weighted by Crippen LogP contribution is -2.23. The number of ether oxygens (including phenoxy) is 1. The number of hydrogen-bond donors (Lipinski definition) is 1. The van der Waals surface area contributed by atoms with Gasteiger partial charge in [-0.25, -0.2) is 4.98 Å². The van der Waals surface area contributed by atoms with Crippen LogP contribution in [0.15, 0.2) is 36.7 Å². The SMILES string of the molecule is CNC(C)Cc1ccc(OCc2nccn2C)cc1. The van der Waals surface area contributed by atoms with Gasteiger partial charge in [-0.15, -0.1) is 0 Å². The van der Waals surface area contributed by atoms with Gasteiger partial charge in [-0.3, -0.25) is 0 Å². The van der Waals surface area contributed by atoms with E-state index in [4.69, 9.17) is 4.74 Å². The summed E-state index contributed by atoms with van der Waals surface area (Å²) in [5.74, 6) is 1.80. The average Bonchev–Trinajstić information content (AvgIpc) is 2.83. The van der Waals surface area contributed by atoms with Gasteiger partial charge in [0.25, 0.3) is 0 Å². The standard InChI is InChI=1S/C15H21N3O/c1-12(16-2)10-13-4-6-14(7-5-13)19-11-15-17-8-9-18(15)3/h4-9,12,16H,10-11H2,1-3H3. The van der Waals surface area contributed by atoms with Crippen LogP contribution in [-0.2, 0) is 20.1 Å². The van der Waals surface area contributed by atoms with Crippen LogP contribution in [0.4, 0.5) is 0 Å². The first-order valence-electron chi connectivity index (χ1n) is 6.54. The zero-order chi connectivity index (χ0) is 13.7. The Morgan fingerprint density at radius 3 is 2.63 bits per heavy atom. The van der Waals surface area contributed by atoms with Crippen LogP contribution in [0.5, 0.6) is 5.75 Å². The third-order valence-corrected chi connectivity index (χ3v) is 3.25. The van der Waals surface area contributed by atoms with Gasteiger partial charge >= 0.3 is 0 Å². The summed E-state index contributed by atoms with van der Waals surface area (Å²) in [4.78, 5) is 4.23. The number of likely N-dealkylation sites (N-methyl/N-ethyl adjacent to an activating group) is 1. The molecule has 1 aromatic heterocycles. The van der Waals surface area contributed by atoms with Crippen LogP contribution in [0.25, 0.3) is 0 Å². The molecule has 0 aliphatic heterocycles. The van der Waals surface area contributed by atoms with Crippen LogP contribution in [0.3, 0.4) is 0 Å². The number of aromatic nitrogens is 2. The predicted octanol–water partition coefficient (Wildman–Crippen LogP) is 2.15. The van der Waals surface area contributed by atoms with Gasteiger partial charge in [0.05, 0.1) is 0 Å². The molecule has 0 spiro atoms. The molecular weight excluding hydrogens is 238 g/mol. The van der Waals surface area contributed by atoms with Crippen molar-refractivity contribution in [2.24, 2.45) is 7.05 Å². The van der Waals surface area contributed by atoms with Gasteiger partial charge in [-0.1, -0.05) is 12.1 Å². The summed E-state index contributed by atoms with van der Waals surface area (Å²) in [6, 6.07) is 8.74. The first kappa shape index (κ1) is 13.6. The molecule has 4 nitrogen and oxygen atoms in total. The van der Waals surface area contributed by atoms with Crippen molar-refractivity contribution < 1.29 is 4.74 Å². The zero-order valence-corrected chi connectivity index (χ0v) is 11.8.